The van der Waals surface area contributed by atoms with E-state index in [2.05, 4.69) is 4.98 Å². The number of non-ortho nitro benzene ring substituents is 1. The van der Waals surface area contributed by atoms with Crippen LogP contribution in [-0.2, 0) is 4.74 Å². The normalized spacial score (nSPS) is 17.3. The van der Waals surface area contributed by atoms with Crippen molar-refractivity contribution in [2.24, 2.45) is 0 Å². The van der Waals surface area contributed by atoms with Gasteiger partial charge in [0.15, 0.2) is 0 Å². The van der Waals surface area contributed by atoms with Gasteiger partial charge in [-0.05, 0) is 25.3 Å². The number of hydrogen-bond acceptors (Lipinski definition) is 5. The highest BCUT2D eigenvalue weighted by Crippen LogP contribution is 2.31. The van der Waals surface area contributed by atoms with Crippen LogP contribution in [0.3, 0.4) is 0 Å². The van der Waals surface area contributed by atoms with Gasteiger partial charge in [0.1, 0.15) is 6.23 Å². The van der Waals surface area contributed by atoms with Gasteiger partial charge in [-0.15, -0.1) is 0 Å². The molecule has 0 aliphatic carbocycles. The van der Waals surface area contributed by atoms with Gasteiger partial charge in [-0.2, -0.15) is 4.98 Å². The van der Waals surface area contributed by atoms with Crippen molar-refractivity contribution in [1.82, 2.24) is 9.55 Å². The minimum Gasteiger partial charge on any atom is -0.358 e. The maximum Gasteiger partial charge on any atom is 0.350 e. The van der Waals surface area contributed by atoms with Gasteiger partial charge in [-0.3, -0.25) is 14.7 Å². The van der Waals surface area contributed by atoms with Crippen LogP contribution in [0.25, 0.3) is 22.2 Å². The highest BCUT2D eigenvalue weighted by molar-refractivity contribution is 5.93. The molecule has 1 fully saturated rings. The summed E-state index contributed by atoms with van der Waals surface area (Å²) in [6, 6.07) is 13.7. The first-order valence-corrected chi connectivity index (χ1v) is 8.53. The second kappa shape index (κ2) is 6.68. The maximum absolute atomic E-state index is 12.8. The Morgan fingerprint density at radius 3 is 2.65 bits per heavy atom. The Morgan fingerprint density at radius 1 is 1.15 bits per heavy atom. The van der Waals surface area contributed by atoms with E-state index in [4.69, 9.17) is 4.74 Å². The molecule has 1 unspecified atom stereocenters. The van der Waals surface area contributed by atoms with E-state index in [9.17, 15) is 14.9 Å². The first-order chi connectivity index (χ1) is 12.6. The van der Waals surface area contributed by atoms with E-state index in [1.807, 2.05) is 30.3 Å². The van der Waals surface area contributed by atoms with Gasteiger partial charge in [-0.25, -0.2) is 4.79 Å². The summed E-state index contributed by atoms with van der Waals surface area (Å²) in [5, 5.41) is 11.8. The van der Waals surface area contributed by atoms with Crippen molar-refractivity contribution in [2.45, 2.75) is 25.5 Å². The number of benzene rings is 2. The number of hydrogen-bond donors (Lipinski definition) is 0. The van der Waals surface area contributed by atoms with E-state index in [0.717, 1.165) is 24.8 Å². The Balaban J connectivity index is 2.01. The predicted octanol–water partition coefficient (Wildman–Crippen LogP) is 3.67. The molecule has 132 valence electrons. The predicted molar refractivity (Wildman–Crippen MR) is 96.9 cm³/mol. The summed E-state index contributed by atoms with van der Waals surface area (Å²) < 4.78 is 7.28. The molecule has 1 aromatic heterocycles. The molecule has 7 nitrogen and oxygen atoms in total. The lowest BCUT2D eigenvalue weighted by molar-refractivity contribution is -0.384. The molecule has 7 heteroatoms. The number of rotatable bonds is 3. The average molecular weight is 351 g/mol. The molecule has 3 aromatic rings. The smallest absolute Gasteiger partial charge is 0.350 e. The van der Waals surface area contributed by atoms with E-state index in [1.165, 1.54) is 16.7 Å². The fraction of sp³-hybridized carbons (Fsp3) is 0.263. The third-order valence-electron chi connectivity index (χ3n) is 4.61. The van der Waals surface area contributed by atoms with E-state index in [-0.39, 0.29) is 5.69 Å². The van der Waals surface area contributed by atoms with Crippen LogP contribution in [0.1, 0.15) is 25.5 Å². The van der Waals surface area contributed by atoms with Gasteiger partial charge in [0.2, 0.25) is 0 Å². The van der Waals surface area contributed by atoms with E-state index in [1.54, 1.807) is 6.07 Å². The molecule has 2 aromatic carbocycles. The number of nitro benzene ring substituents is 1. The number of nitro groups is 1. The van der Waals surface area contributed by atoms with E-state index < -0.39 is 16.8 Å². The molecular weight excluding hydrogens is 334 g/mol. The van der Waals surface area contributed by atoms with Gasteiger partial charge in [0.25, 0.3) is 5.69 Å². The lowest BCUT2D eigenvalue weighted by Gasteiger charge is -2.26. The van der Waals surface area contributed by atoms with E-state index >= 15 is 0 Å². The van der Waals surface area contributed by atoms with Crippen molar-refractivity contribution in [3.63, 3.8) is 0 Å². The molecule has 1 aliphatic rings. The van der Waals surface area contributed by atoms with Crippen LogP contribution in [0.15, 0.2) is 53.3 Å². The minimum atomic E-state index is -0.444. The molecule has 2 heterocycles. The quantitative estimate of drug-likeness (QED) is 0.531. The maximum atomic E-state index is 12.8. The number of nitrogens with zero attached hydrogens (tertiary/aromatic N) is 3. The monoisotopic (exact) mass is 351 g/mol. The lowest BCUT2D eigenvalue weighted by atomic mass is 10.1. The zero-order chi connectivity index (χ0) is 18.1. The molecule has 1 saturated heterocycles. The first kappa shape index (κ1) is 16.4. The summed E-state index contributed by atoms with van der Waals surface area (Å²) in [5.41, 5.74) is 1.35. The van der Waals surface area contributed by atoms with Gasteiger partial charge >= 0.3 is 5.69 Å². The molecule has 26 heavy (non-hydrogen) atoms. The second-order valence-electron chi connectivity index (χ2n) is 6.26. The van der Waals surface area contributed by atoms with Crippen molar-refractivity contribution < 1.29 is 9.66 Å². The van der Waals surface area contributed by atoms with Crippen LogP contribution >= 0.6 is 0 Å². The number of aromatic nitrogens is 2. The van der Waals surface area contributed by atoms with Crippen LogP contribution < -0.4 is 5.69 Å². The Morgan fingerprint density at radius 2 is 1.96 bits per heavy atom. The van der Waals surface area contributed by atoms with E-state index in [0.29, 0.717) is 23.2 Å². The van der Waals surface area contributed by atoms with Gasteiger partial charge in [0, 0.05) is 29.7 Å². The molecule has 1 aliphatic heterocycles. The Hall–Kier alpha value is -3.06. The van der Waals surface area contributed by atoms with Gasteiger partial charge in [0.05, 0.1) is 16.1 Å². The number of fused-ring (bicyclic) bond motifs is 1. The molecule has 0 radical (unpaired) electrons. The molecule has 4 rings (SSSR count). The Labute approximate surface area is 149 Å². The van der Waals surface area contributed by atoms with Crippen molar-refractivity contribution in [3.05, 3.63) is 69.1 Å². The van der Waals surface area contributed by atoms with Crippen LogP contribution in [-0.4, -0.2) is 21.1 Å². The number of ether oxygens (including phenoxy) is 1. The first-order valence-electron chi connectivity index (χ1n) is 8.53. The van der Waals surface area contributed by atoms with Crippen LogP contribution in [0.5, 0.6) is 0 Å². The molecule has 0 amide bonds. The fourth-order valence-corrected chi connectivity index (χ4v) is 3.37. The summed E-state index contributed by atoms with van der Waals surface area (Å²) in [6.45, 7) is 0.589. The molecule has 0 bridgehead atoms. The highest BCUT2D eigenvalue weighted by Gasteiger charge is 2.22. The van der Waals surface area contributed by atoms with Crippen molar-refractivity contribution in [3.8, 4) is 11.3 Å². The molecule has 0 saturated carbocycles. The summed E-state index contributed by atoms with van der Waals surface area (Å²) in [6.07, 6.45) is 2.26. The summed E-state index contributed by atoms with van der Waals surface area (Å²) in [7, 11) is 0. The van der Waals surface area contributed by atoms with Crippen LogP contribution in [0.2, 0.25) is 0 Å². The molecule has 0 spiro atoms. The van der Waals surface area contributed by atoms with Crippen molar-refractivity contribution in [1.29, 1.82) is 0 Å². The average Bonchev–Trinajstić information content (AvgIpc) is 2.68. The second-order valence-corrected chi connectivity index (χ2v) is 6.26. The highest BCUT2D eigenvalue weighted by atomic mass is 16.6. The zero-order valence-corrected chi connectivity index (χ0v) is 14.0. The van der Waals surface area contributed by atoms with Gasteiger partial charge < -0.3 is 4.74 Å². The van der Waals surface area contributed by atoms with Crippen LogP contribution in [0.4, 0.5) is 5.69 Å². The molecule has 0 N–H and O–H groups in total. The third-order valence-corrected chi connectivity index (χ3v) is 4.61. The standard InChI is InChI=1S/C19H17N3O4/c23-19-20-18(13-6-2-1-3-7-13)15-12-14(22(24)25)9-10-16(15)21(19)17-8-4-5-11-26-17/h1-3,6-7,9-10,12,17H,4-5,8,11H2. The van der Waals surface area contributed by atoms with Crippen molar-refractivity contribution >= 4 is 16.6 Å². The molecule has 1 atom stereocenters. The lowest BCUT2D eigenvalue weighted by Crippen LogP contribution is -2.31. The Bertz CT molecular complexity index is 1020. The van der Waals surface area contributed by atoms with Crippen molar-refractivity contribution in [2.75, 3.05) is 6.61 Å². The Kier molecular flexibility index (Phi) is 4.22. The molecular formula is C19H17N3O4. The minimum absolute atomic E-state index is 0.0359. The summed E-state index contributed by atoms with van der Waals surface area (Å²) in [4.78, 5) is 27.8. The summed E-state index contributed by atoms with van der Waals surface area (Å²) >= 11 is 0. The fourth-order valence-electron chi connectivity index (χ4n) is 3.37. The summed E-state index contributed by atoms with van der Waals surface area (Å²) in [5.74, 6) is 0. The SMILES string of the molecule is O=c1nc(-c2ccccc2)c2cc([N+](=O)[O-])ccc2n1C1CCCCO1. The topological polar surface area (TPSA) is 87.3 Å². The largest absolute Gasteiger partial charge is 0.358 e. The third kappa shape index (κ3) is 2.86. The zero-order valence-electron chi connectivity index (χ0n) is 14.0. The van der Waals surface area contributed by atoms with Gasteiger partial charge in [-0.1, -0.05) is 30.3 Å². The van der Waals surface area contributed by atoms with Crippen LogP contribution in [0, 0.1) is 10.1 Å².